The third-order valence-electron chi connectivity index (χ3n) is 6.51. The first kappa shape index (κ1) is 22.9. The van der Waals surface area contributed by atoms with Gasteiger partial charge in [0.25, 0.3) is 0 Å². The smallest absolute Gasteiger partial charge is 0.195 e. The number of fused-ring (bicyclic) bond motifs is 1. The van der Waals surface area contributed by atoms with E-state index in [0.29, 0.717) is 28.7 Å². The molecule has 5 nitrogen and oxygen atoms in total. The number of carbonyl (C=O) groups is 1. The Balaban J connectivity index is 1.42. The van der Waals surface area contributed by atoms with E-state index in [1.165, 1.54) is 0 Å². The zero-order valence-electron chi connectivity index (χ0n) is 18.5. The largest absolute Gasteiger partial charge is 0.383 e. The number of piperazine rings is 1. The van der Waals surface area contributed by atoms with E-state index in [-0.39, 0.29) is 5.78 Å². The van der Waals surface area contributed by atoms with Gasteiger partial charge < -0.3 is 15.0 Å². The molecule has 0 bridgehead atoms. The summed E-state index contributed by atoms with van der Waals surface area (Å²) in [5.74, 6) is -0.297. The number of carbonyl (C=O) groups excluding carboxylic acids is 1. The molecular formula is C27H25Cl2N3O2. The molecule has 0 saturated carbocycles. The number of ketones is 1. The molecular weight excluding hydrogens is 469 g/mol. The molecule has 5 rings (SSSR count). The molecule has 174 valence electrons. The van der Waals surface area contributed by atoms with Crippen LogP contribution in [0.25, 0.3) is 10.9 Å². The molecule has 0 amide bonds. The second-order valence-electron chi connectivity index (χ2n) is 8.56. The Morgan fingerprint density at radius 3 is 2.35 bits per heavy atom. The van der Waals surface area contributed by atoms with Gasteiger partial charge in [0.1, 0.15) is 6.10 Å². The standard InChI is InChI=1S/C27H25Cl2N3O2/c28-19-10-8-18(9-11-19)25(27(34)26(33)23-17-30-24-7-2-1-6-22(23)24)32-14-12-31(13-15-32)21-5-3-4-20(29)16-21/h1-11,16-17,25,27,30,34H,12-15H2/t25-,27-/m1/s1. The molecule has 0 spiro atoms. The van der Waals surface area contributed by atoms with Crippen molar-refractivity contribution in [1.82, 2.24) is 9.88 Å². The van der Waals surface area contributed by atoms with Gasteiger partial charge in [-0.3, -0.25) is 9.69 Å². The van der Waals surface area contributed by atoms with Gasteiger partial charge in [-0.1, -0.05) is 59.6 Å². The number of H-pyrrole nitrogens is 1. The minimum Gasteiger partial charge on any atom is -0.383 e. The Kier molecular flexibility index (Phi) is 6.61. The molecule has 1 aliphatic rings. The highest BCUT2D eigenvalue weighted by Gasteiger charge is 2.35. The van der Waals surface area contributed by atoms with Crippen LogP contribution in [0.15, 0.2) is 79.0 Å². The SMILES string of the molecule is O=C(c1c[nH]c2ccccc12)[C@H](O)[C@@H](c1ccc(Cl)cc1)N1CCN(c2cccc(Cl)c2)CC1. The summed E-state index contributed by atoms with van der Waals surface area (Å²) in [7, 11) is 0. The number of aromatic nitrogens is 1. The lowest BCUT2D eigenvalue weighted by atomic mass is 9.93. The summed E-state index contributed by atoms with van der Waals surface area (Å²) in [5, 5.41) is 13.6. The van der Waals surface area contributed by atoms with E-state index in [4.69, 9.17) is 23.2 Å². The van der Waals surface area contributed by atoms with Crippen molar-refractivity contribution in [3.63, 3.8) is 0 Å². The van der Waals surface area contributed by atoms with Crippen molar-refractivity contribution >= 4 is 45.6 Å². The fraction of sp³-hybridized carbons (Fsp3) is 0.222. The number of aromatic amines is 1. The van der Waals surface area contributed by atoms with Gasteiger partial charge >= 0.3 is 0 Å². The van der Waals surface area contributed by atoms with E-state index in [1.807, 2.05) is 60.7 Å². The van der Waals surface area contributed by atoms with Gasteiger partial charge in [0.15, 0.2) is 5.78 Å². The van der Waals surface area contributed by atoms with Crippen LogP contribution >= 0.6 is 23.2 Å². The summed E-state index contributed by atoms with van der Waals surface area (Å²) in [6, 6.07) is 22.3. The molecule has 0 aliphatic carbocycles. The van der Waals surface area contributed by atoms with E-state index in [1.54, 1.807) is 18.3 Å². The summed E-state index contributed by atoms with van der Waals surface area (Å²) < 4.78 is 0. The number of Topliss-reactive ketones (excluding diaryl/α,β-unsaturated/α-hetero) is 1. The Labute approximate surface area is 208 Å². The van der Waals surface area contributed by atoms with Gasteiger partial charge in [0.05, 0.1) is 6.04 Å². The zero-order valence-corrected chi connectivity index (χ0v) is 20.0. The number of anilines is 1. The lowest BCUT2D eigenvalue weighted by Crippen LogP contribution is -2.51. The van der Waals surface area contributed by atoms with Crippen LogP contribution in [0.3, 0.4) is 0 Å². The van der Waals surface area contributed by atoms with Crippen molar-refractivity contribution < 1.29 is 9.90 Å². The summed E-state index contributed by atoms with van der Waals surface area (Å²) in [6.07, 6.45) is 0.463. The number of benzene rings is 3. The van der Waals surface area contributed by atoms with Gasteiger partial charge in [-0.15, -0.1) is 0 Å². The zero-order chi connectivity index (χ0) is 23.7. The van der Waals surface area contributed by atoms with E-state index >= 15 is 0 Å². The Bertz CT molecular complexity index is 1300. The molecule has 0 radical (unpaired) electrons. The highest BCUT2D eigenvalue weighted by atomic mass is 35.5. The minimum atomic E-state index is -1.22. The van der Waals surface area contributed by atoms with Crippen LogP contribution in [0.1, 0.15) is 22.0 Å². The highest BCUT2D eigenvalue weighted by molar-refractivity contribution is 6.31. The number of para-hydroxylation sites is 1. The fourth-order valence-electron chi connectivity index (χ4n) is 4.76. The van der Waals surface area contributed by atoms with Crippen LogP contribution < -0.4 is 4.90 Å². The van der Waals surface area contributed by atoms with Crippen LogP contribution in [-0.2, 0) is 0 Å². The Hall–Kier alpha value is -2.83. The molecule has 1 fully saturated rings. The molecule has 1 aliphatic heterocycles. The first-order chi connectivity index (χ1) is 16.5. The number of hydrogen-bond acceptors (Lipinski definition) is 4. The highest BCUT2D eigenvalue weighted by Crippen LogP contribution is 2.31. The Morgan fingerprint density at radius 2 is 1.62 bits per heavy atom. The lowest BCUT2D eigenvalue weighted by molar-refractivity contribution is 0.0366. The average Bonchev–Trinajstić information content (AvgIpc) is 3.29. The molecule has 2 heterocycles. The number of nitrogens with zero attached hydrogens (tertiary/aromatic N) is 2. The summed E-state index contributed by atoms with van der Waals surface area (Å²) in [5.41, 5.74) is 3.31. The molecule has 7 heteroatoms. The molecule has 1 aromatic heterocycles. The summed E-state index contributed by atoms with van der Waals surface area (Å²) in [6.45, 7) is 2.91. The quantitative estimate of drug-likeness (QED) is 0.344. The maximum atomic E-state index is 13.5. The number of rotatable bonds is 6. The number of halogens is 2. The number of hydrogen-bond donors (Lipinski definition) is 2. The first-order valence-electron chi connectivity index (χ1n) is 11.3. The third kappa shape index (κ3) is 4.57. The van der Waals surface area contributed by atoms with Crippen molar-refractivity contribution in [2.24, 2.45) is 0 Å². The maximum absolute atomic E-state index is 13.5. The van der Waals surface area contributed by atoms with Crippen LogP contribution in [-0.4, -0.2) is 53.1 Å². The predicted octanol–water partition coefficient (Wildman–Crippen LogP) is 5.58. The fourth-order valence-corrected chi connectivity index (χ4v) is 5.07. The van der Waals surface area contributed by atoms with E-state index in [2.05, 4.69) is 14.8 Å². The van der Waals surface area contributed by atoms with Gasteiger partial charge in [-0.25, -0.2) is 0 Å². The second-order valence-corrected chi connectivity index (χ2v) is 9.43. The number of aliphatic hydroxyl groups excluding tert-OH is 1. The number of nitrogens with one attached hydrogen (secondary N) is 1. The first-order valence-corrected chi connectivity index (χ1v) is 12.1. The van der Waals surface area contributed by atoms with Gasteiger partial charge in [-0.05, 0) is 42.0 Å². The van der Waals surface area contributed by atoms with E-state index in [9.17, 15) is 9.90 Å². The monoisotopic (exact) mass is 493 g/mol. The maximum Gasteiger partial charge on any atom is 0.195 e. The third-order valence-corrected chi connectivity index (χ3v) is 7.00. The molecule has 3 aromatic carbocycles. The van der Waals surface area contributed by atoms with Crippen molar-refractivity contribution in [2.75, 3.05) is 31.1 Å². The molecule has 34 heavy (non-hydrogen) atoms. The molecule has 2 N–H and O–H groups in total. The van der Waals surface area contributed by atoms with Crippen molar-refractivity contribution in [1.29, 1.82) is 0 Å². The second kappa shape index (κ2) is 9.80. The normalized spacial score (nSPS) is 16.5. The lowest BCUT2D eigenvalue weighted by Gasteiger charge is -2.41. The average molecular weight is 494 g/mol. The molecule has 1 saturated heterocycles. The predicted molar refractivity (Wildman–Crippen MR) is 138 cm³/mol. The van der Waals surface area contributed by atoms with Crippen LogP contribution in [0.4, 0.5) is 5.69 Å². The number of aliphatic hydroxyl groups is 1. The molecule has 2 atom stereocenters. The van der Waals surface area contributed by atoms with Gasteiger partial charge in [-0.2, -0.15) is 0 Å². The molecule has 0 unspecified atom stereocenters. The molecule has 4 aromatic rings. The van der Waals surface area contributed by atoms with E-state index < -0.39 is 12.1 Å². The van der Waals surface area contributed by atoms with E-state index in [0.717, 1.165) is 35.2 Å². The summed E-state index contributed by atoms with van der Waals surface area (Å²) >= 11 is 12.3. The van der Waals surface area contributed by atoms with Crippen LogP contribution in [0.5, 0.6) is 0 Å². The summed E-state index contributed by atoms with van der Waals surface area (Å²) in [4.78, 5) is 21.1. The van der Waals surface area contributed by atoms with Gasteiger partial charge in [0.2, 0.25) is 0 Å². The topological polar surface area (TPSA) is 59.6 Å². The van der Waals surface area contributed by atoms with Gasteiger partial charge in [0, 0.05) is 64.6 Å². The van der Waals surface area contributed by atoms with Crippen LogP contribution in [0, 0.1) is 0 Å². The van der Waals surface area contributed by atoms with Crippen molar-refractivity contribution in [3.05, 3.63) is 100 Å². The minimum absolute atomic E-state index is 0.297. The van der Waals surface area contributed by atoms with Crippen molar-refractivity contribution in [3.8, 4) is 0 Å². The van der Waals surface area contributed by atoms with Crippen molar-refractivity contribution in [2.45, 2.75) is 12.1 Å². The Morgan fingerprint density at radius 1 is 0.882 bits per heavy atom. The van der Waals surface area contributed by atoms with Crippen LogP contribution in [0.2, 0.25) is 10.0 Å².